The summed E-state index contributed by atoms with van der Waals surface area (Å²) in [7, 11) is 0. The predicted octanol–water partition coefficient (Wildman–Crippen LogP) is 3.46. The molecule has 5 heteroatoms. The molecule has 3 heterocycles. The molecule has 5 nitrogen and oxygen atoms in total. The van der Waals surface area contributed by atoms with Gasteiger partial charge in [-0.15, -0.1) is 0 Å². The Morgan fingerprint density at radius 1 is 1.25 bits per heavy atom. The highest BCUT2D eigenvalue weighted by molar-refractivity contribution is 5.62. The maximum Gasteiger partial charge on any atom is 0.117 e. The van der Waals surface area contributed by atoms with E-state index in [1.165, 1.54) is 25.2 Å². The van der Waals surface area contributed by atoms with Crippen molar-refractivity contribution in [1.29, 1.82) is 0 Å². The third kappa shape index (κ3) is 2.87. The lowest BCUT2D eigenvalue weighted by Gasteiger charge is -2.31. The van der Waals surface area contributed by atoms with Crippen molar-refractivity contribution >= 4 is 0 Å². The Bertz CT molecular complexity index is 790. The average Bonchev–Trinajstić information content (AvgIpc) is 3.33. The molecule has 1 aromatic carbocycles. The van der Waals surface area contributed by atoms with E-state index in [1.54, 1.807) is 6.20 Å². The van der Waals surface area contributed by atoms with Gasteiger partial charge in [0.2, 0.25) is 0 Å². The van der Waals surface area contributed by atoms with E-state index in [0.717, 1.165) is 30.0 Å². The summed E-state index contributed by atoms with van der Waals surface area (Å²) >= 11 is 0. The summed E-state index contributed by atoms with van der Waals surface area (Å²) in [6.07, 6.45) is 8.24. The molecule has 1 saturated heterocycles. The zero-order valence-corrected chi connectivity index (χ0v) is 14.0. The Labute approximate surface area is 142 Å². The number of aromatic amines is 1. The summed E-state index contributed by atoms with van der Waals surface area (Å²) in [5, 5.41) is 7.09. The van der Waals surface area contributed by atoms with Gasteiger partial charge < -0.3 is 9.47 Å². The van der Waals surface area contributed by atoms with Gasteiger partial charge in [0, 0.05) is 42.3 Å². The third-order valence-corrected chi connectivity index (χ3v) is 4.92. The second-order valence-electron chi connectivity index (χ2n) is 6.41. The number of nitrogens with zero attached hydrogens (tertiary/aromatic N) is 4. The molecule has 1 N–H and O–H groups in total. The lowest BCUT2D eigenvalue weighted by Crippen LogP contribution is -2.35. The summed E-state index contributed by atoms with van der Waals surface area (Å²) in [6, 6.07) is 10.5. The predicted molar refractivity (Wildman–Crippen MR) is 95.2 cm³/mol. The Morgan fingerprint density at radius 3 is 3.04 bits per heavy atom. The van der Waals surface area contributed by atoms with Crippen LogP contribution < -0.4 is 0 Å². The van der Waals surface area contributed by atoms with Crippen molar-refractivity contribution in [3.05, 3.63) is 54.7 Å². The number of imidazole rings is 1. The fraction of sp³-hybridized carbons (Fsp3) is 0.368. The van der Waals surface area contributed by atoms with Crippen LogP contribution in [0.2, 0.25) is 0 Å². The molecule has 0 bridgehead atoms. The molecular formula is C19H23N5. The van der Waals surface area contributed by atoms with Crippen LogP contribution in [0.1, 0.15) is 31.5 Å². The van der Waals surface area contributed by atoms with Gasteiger partial charge in [-0.25, -0.2) is 4.98 Å². The van der Waals surface area contributed by atoms with E-state index in [2.05, 4.69) is 57.1 Å². The maximum absolute atomic E-state index is 4.69. The van der Waals surface area contributed by atoms with Gasteiger partial charge >= 0.3 is 0 Å². The minimum atomic E-state index is 0.504. The number of hydrogen-bond acceptors (Lipinski definition) is 3. The van der Waals surface area contributed by atoms with E-state index < -0.39 is 0 Å². The zero-order chi connectivity index (χ0) is 16.4. The number of nitrogens with one attached hydrogen (secondary N) is 1. The van der Waals surface area contributed by atoms with Gasteiger partial charge in [0.15, 0.2) is 0 Å². The lowest BCUT2D eigenvalue weighted by atomic mass is 9.97. The standard InChI is InChI=1S/C19H23N5/c1-2-23-11-4-6-16(14-23)19-20-10-12-24(19)17-7-3-5-15(13-17)18-8-9-21-22-18/h3,5,7-10,12-13,16H,2,4,6,11,14H2,1H3,(H,21,22). The van der Waals surface area contributed by atoms with Gasteiger partial charge in [-0.1, -0.05) is 19.1 Å². The topological polar surface area (TPSA) is 49.7 Å². The highest BCUT2D eigenvalue weighted by atomic mass is 15.1. The molecule has 1 fully saturated rings. The molecule has 3 aromatic rings. The van der Waals surface area contributed by atoms with Crippen LogP contribution in [-0.2, 0) is 0 Å². The number of H-pyrrole nitrogens is 1. The number of benzene rings is 1. The normalized spacial score (nSPS) is 18.8. The third-order valence-electron chi connectivity index (χ3n) is 4.92. The van der Waals surface area contributed by atoms with Crippen LogP contribution in [0.3, 0.4) is 0 Å². The molecule has 0 saturated carbocycles. The Hall–Kier alpha value is -2.40. The number of aromatic nitrogens is 4. The van der Waals surface area contributed by atoms with Crippen LogP contribution in [0.15, 0.2) is 48.9 Å². The summed E-state index contributed by atoms with van der Waals surface area (Å²) in [4.78, 5) is 7.22. The highest BCUT2D eigenvalue weighted by Gasteiger charge is 2.24. The van der Waals surface area contributed by atoms with Crippen molar-refractivity contribution in [3.8, 4) is 16.9 Å². The Kier molecular flexibility index (Phi) is 4.17. The summed E-state index contributed by atoms with van der Waals surface area (Å²) in [5.41, 5.74) is 3.33. The zero-order valence-electron chi connectivity index (χ0n) is 14.0. The Balaban J connectivity index is 1.66. The lowest BCUT2D eigenvalue weighted by molar-refractivity contribution is 0.213. The van der Waals surface area contributed by atoms with E-state index in [1.807, 2.05) is 12.3 Å². The van der Waals surface area contributed by atoms with E-state index in [-0.39, 0.29) is 0 Å². The first kappa shape index (κ1) is 15.1. The van der Waals surface area contributed by atoms with Crippen molar-refractivity contribution in [2.75, 3.05) is 19.6 Å². The van der Waals surface area contributed by atoms with Crippen LogP contribution >= 0.6 is 0 Å². The molecule has 1 atom stereocenters. The van der Waals surface area contributed by atoms with Crippen LogP contribution in [0.25, 0.3) is 16.9 Å². The monoisotopic (exact) mass is 321 g/mol. The van der Waals surface area contributed by atoms with Gasteiger partial charge in [-0.05, 0) is 44.1 Å². The maximum atomic E-state index is 4.69. The molecule has 0 spiro atoms. The SMILES string of the molecule is CCN1CCCC(c2nccn2-c2cccc(-c3ccn[nH]3)c2)C1. The molecule has 1 aliphatic rings. The van der Waals surface area contributed by atoms with E-state index in [4.69, 9.17) is 4.98 Å². The fourth-order valence-corrected chi connectivity index (χ4v) is 3.63. The minimum absolute atomic E-state index is 0.504. The van der Waals surface area contributed by atoms with Crippen molar-refractivity contribution < 1.29 is 0 Å². The molecule has 124 valence electrons. The molecule has 1 unspecified atom stereocenters. The molecule has 2 aromatic heterocycles. The number of rotatable bonds is 4. The van der Waals surface area contributed by atoms with Crippen LogP contribution in [0.5, 0.6) is 0 Å². The molecule has 0 radical (unpaired) electrons. The molecule has 4 rings (SSSR count). The number of likely N-dealkylation sites (tertiary alicyclic amines) is 1. The molecule has 24 heavy (non-hydrogen) atoms. The first-order valence-corrected chi connectivity index (χ1v) is 8.71. The second-order valence-corrected chi connectivity index (χ2v) is 6.41. The molecule has 1 aliphatic heterocycles. The van der Waals surface area contributed by atoms with Crippen LogP contribution in [0, 0.1) is 0 Å². The van der Waals surface area contributed by atoms with Crippen molar-refractivity contribution in [1.82, 2.24) is 24.6 Å². The fourth-order valence-electron chi connectivity index (χ4n) is 3.63. The Morgan fingerprint density at radius 2 is 2.21 bits per heavy atom. The van der Waals surface area contributed by atoms with Gasteiger partial charge in [0.1, 0.15) is 5.82 Å². The summed E-state index contributed by atoms with van der Waals surface area (Å²) in [6.45, 7) is 5.67. The van der Waals surface area contributed by atoms with E-state index in [0.29, 0.717) is 5.92 Å². The van der Waals surface area contributed by atoms with Crippen molar-refractivity contribution in [2.24, 2.45) is 0 Å². The minimum Gasteiger partial charge on any atom is -0.303 e. The van der Waals surface area contributed by atoms with Crippen LogP contribution in [-0.4, -0.2) is 44.3 Å². The number of piperidine rings is 1. The largest absolute Gasteiger partial charge is 0.303 e. The number of likely N-dealkylation sites (N-methyl/N-ethyl adjacent to an activating group) is 1. The first-order valence-electron chi connectivity index (χ1n) is 8.71. The molecule has 0 amide bonds. The quantitative estimate of drug-likeness (QED) is 0.800. The smallest absolute Gasteiger partial charge is 0.117 e. The van der Waals surface area contributed by atoms with E-state index >= 15 is 0 Å². The van der Waals surface area contributed by atoms with Gasteiger partial charge in [0.25, 0.3) is 0 Å². The van der Waals surface area contributed by atoms with Gasteiger partial charge in [0.05, 0.1) is 5.69 Å². The molecular weight excluding hydrogens is 298 g/mol. The second kappa shape index (κ2) is 6.61. The summed E-state index contributed by atoms with van der Waals surface area (Å²) in [5.74, 6) is 1.68. The van der Waals surface area contributed by atoms with E-state index in [9.17, 15) is 0 Å². The summed E-state index contributed by atoms with van der Waals surface area (Å²) < 4.78 is 2.24. The van der Waals surface area contributed by atoms with Gasteiger partial charge in [-0.3, -0.25) is 5.10 Å². The highest BCUT2D eigenvalue weighted by Crippen LogP contribution is 2.28. The average molecular weight is 321 g/mol. The van der Waals surface area contributed by atoms with Gasteiger partial charge in [-0.2, -0.15) is 5.10 Å². The van der Waals surface area contributed by atoms with Crippen LogP contribution in [0.4, 0.5) is 0 Å². The first-order chi connectivity index (χ1) is 11.8. The van der Waals surface area contributed by atoms with Crippen molar-refractivity contribution in [3.63, 3.8) is 0 Å². The number of hydrogen-bond donors (Lipinski definition) is 1. The van der Waals surface area contributed by atoms with Crippen molar-refractivity contribution in [2.45, 2.75) is 25.7 Å². The molecule has 0 aliphatic carbocycles.